The molecule has 112 valence electrons. The summed E-state index contributed by atoms with van der Waals surface area (Å²) in [6.45, 7) is -1.26. The average molecular weight is 306 g/mol. The Morgan fingerprint density at radius 3 is 2.40 bits per heavy atom. The van der Waals surface area contributed by atoms with E-state index in [1.807, 2.05) is 4.72 Å². The molecule has 1 unspecified atom stereocenters. The van der Waals surface area contributed by atoms with Crippen LogP contribution in [0.3, 0.4) is 0 Å². The number of hydrogen-bond donors (Lipinski definition) is 4. The van der Waals surface area contributed by atoms with Gasteiger partial charge in [0.1, 0.15) is 6.23 Å². The molecule has 0 aliphatic carbocycles. The van der Waals surface area contributed by atoms with Crippen LogP contribution in [0.15, 0.2) is 29.2 Å². The number of aliphatic hydroxyl groups is 3. The van der Waals surface area contributed by atoms with E-state index in [1.54, 1.807) is 0 Å². The summed E-state index contributed by atoms with van der Waals surface area (Å²) in [7, 11) is -4.21. The van der Waals surface area contributed by atoms with Gasteiger partial charge in [-0.25, -0.2) is 8.42 Å². The second-order valence-electron chi connectivity index (χ2n) is 3.95. The van der Waals surface area contributed by atoms with Gasteiger partial charge in [0.25, 0.3) is 5.69 Å². The maximum atomic E-state index is 11.9. The summed E-state index contributed by atoms with van der Waals surface area (Å²) in [5, 5.41) is 37.8. The summed E-state index contributed by atoms with van der Waals surface area (Å²) >= 11 is 0. The minimum Gasteiger partial charge on any atom is -0.396 e. The Kier molecular flexibility index (Phi) is 5.53. The fourth-order valence-corrected chi connectivity index (χ4v) is 2.52. The average Bonchev–Trinajstić information content (AvgIpc) is 2.39. The molecule has 1 aromatic rings. The number of aliphatic hydroxyl groups excluding tert-OH is 3. The molecule has 1 rings (SSSR count). The summed E-state index contributed by atoms with van der Waals surface area (Å²) < 4.78 is 25.6. The van der Waals surface area contributed by atoms with Gasteiger partial charge in [0.2, 0.25) is 10.0 Å². The Bertz CT molecular complexity index is 571. The van der Waals surface area contributed by atoms with Gasteiger partial charge in [-0.15, -0.1) is 0 Å². The van der Waals surface area contributed by atoms with Crippen molar-refractivity contribution < 1.29 is 28.7 Å². The van der Waals surface area contributed by atoms with Crippen LogP contribution in [0.1, 0.15) is 0 Å². The molecule has 0 saturated carbocycles. The van der Waals surface area contributed by atoms with Crippen molar-refractivity contribution in [1.82, 2.24) is 4.72 Å². The molecule has 0 amide bonds. The number of hydrogen-bond acceptors (Lipinski definition) is 7. The zero-order valence-electron chi connectivity index (χ0n) is 10.2. The van der Waals surface area contributed by atoms with Gasteiger partial charge in [0.05, 0.1) is 23.0 Å². The molecular formula is C10H14N2O7S. The summed E-state index contributed by atoms with van der Waals surface area (Å²) in [6, 6.07) is 4.27. The Morgan fingerprint density at radius 2 is 1.90 bits per heavy atom. The van der Waals surface area contributed by atoms with Gasteiger partial charge < -0.3 is 15.3 Å². The van der Waals surface area contributed by atoms with Crippen molar-refractivity contribution in [2.24, 2.45) is 5.92 Å². The normalized spacial score (nSPS) is 13.4. The number of non-ortho nitro benzene ring substituents is 1. The molecule has 1 atom stereocenters. The van der Waals surface area contributed by atoms with Gasteiger partial charge in [-0.3, -0.25) is 10.1 Å². The molecule has 0 aromatic heterocycles. The molecule has 0 spiro atoms. The van der Waals surface area contributed by atoms with E-state index in [0.717, 1.165) is 18.2 Å². The van der Waals surface area contributed by atoms with Crippen LogP contribution in [0.4, 0.5) is 5.69 Å². The third kappa shape index (κ3) is 3.95. The molecule has 0 radical (unpaired) electrons. The molecule has 1 aromatic carbocycles. The third-order valence-corrected chi connectivity index (χ3v) is 3.96. The molecule has 0 bridgehead atoms. The quantitative estimate of drug-likeness (QED) is 0.280. The van der Waals surface area contributed by atoms with Crippen molar-refractivity contribution in [1.29, 1.82) is 0 Å². The van der Waals surface area contributed by atoms with Crippen molar-refractivity contribution in [2.75, 3.05) is 13.2 Å². The highest BCUT2D eigenvalue weighted by atomic mass is 32.2. The molecule has 0 heterocycles. The lowest BCUT2D eigenvalue weighted by molar-refractivity contribution is -0.385. The largest absolute Gasteiger partial charge is 0.396 e. The lowest BCUT2D eigenvalue weighted by atomic mass is 10.1. The standard InChI is InChI=1S/C10H14N2O7S/c13-5-7(6-14)10(15)11-20(18,19)9-3-1-2-8(4-9)12(16)17/h1-4,7,10-11,13-15H,5-6H2. The number of nitrogens with zero attached hydrogens (tertiary/aromatic N) is 1. The van der Waals surface area contributed by atoms with E-state index in [2.05, 4.69) is 0 Å². The lowest BCUT2D eigenvalue weighted by Crippen LogP contribution is -2.42. The molecule has 0 aliphatic rings. The number of nitro benzene ring substituents is 1. The molecule has 4 N–H and O–H groups in total. The molecule has 0 fully saturated rings. The predicted molar refractivity (Wildman–Crippen MR) is 67.1 cm³/mol. The molecule has 9 nitrogen and oxygen atoms in total. The van der Waals surface area contributed by atoms with Gasteiger partial charge in [0.15, 0.2) is 0 Å². The van der Waals surface area contributed by atoms with E-state index in [-0.39, 0.29) is 0 Å². The molecule has 10 heteroatoms. The second-order valence-corrected chi connectivity index (χ2v) is 5.66. The highest BCUT2D eigenvalue weighted by Crippen LogP contribution is 2.17. The van der Waals surface area contributed by atoms with Crippen LogP contribution < -0.4 is 4.72 Å². The lowest BCUT2D eigenvalue weighted by Gasteiger charge is -2.19. The van der Waals surface area contributed by atoms with Crippen LogP contribution in [-0.4, -0.2) is 48.1 Å². The highest BCUT2D eigenvalue weighted by Gasteiger charge is 2.25. The summed E-state index contributed by atoms with van der Waals surface area (Å²) in [4.78, 5) is 9.43. The first-order valence-corrected chi connectivity index (χ1v) is 6.96. The smallest absolute Gasteiger partial charge is 0.270 e. The van der Waals surface area contributed by atoms with Crippen LogP contribution in [0.25, 0.3) is 0 Å². The Morgan fingerprint density at radius 1 is 1.30 bits per heavy atom. The van der Waals surface area contributed by atoms with Crippen molar-refractivity contribution in [2.45, 2.75) is 11.1 Å². The third-order valence-electron chi connectivity index (χ3n) is 2.53. The van der Waals surface area contributed by atoms with Crippen LogP contribution in [0.5, 0.6) is 0 Å². The first-order chi connectivity index (χ1) is 9.31. The van der Waals surface area contributed by atoms with Crippen molar-refractivity contribution in [3.8, 4) is 0 Å². The van der Waals surface area contributed by atoms with E-state index in [0.29, 0.717) is 0 Å². The van der Waals surface area contributed by atoms with E-state index >= 15 is 0 Å². The van der Waals surface area contributed by atoms with Crippen LogP contribution >= 0.6 is 0 Å². The van der Waals surface area contributed by atoms with E-state index < -0.39 is 50.9 Å². The molecular weight excluding hydrogens is 292 g/mol. The van der Waals surface area contributed by atoms with Gasteiger partial charge >= 0.3 is 0 Å². The summed E-state index contributed by atoms with van der Waals surface area (Å²) in [5.41, 5.74) is -0.414. The van der Waals surface area contributed by atoms with Crippen LogP contribution in [0.2, 0.25) is 0 Å². The Hall–Kier alpha value is -1.59. The number of nitro groups is 1. The fraction of sp³-hybridized carbons (Fsp3) is 0.400. The fourth-order valence-electron chi connectivity index (χ4n) is 1.34. The number of sulfonamides is 1. The van der Waals surface area contributed by atoms with Gasteiger partial charge in [-0.1, -0.05) is 6.07 Å². The predicted octanol–water partition coefficient (Wildman–Crippen LogP) is -1.21. The van der Waals surface area contributed by atoms with E-state index in [1.165, 1.54) is 6.07 Å². The SMILES string of the molecule is O=[N+]([O-])c1cccc(S(=O)(=O)NC(O)C(CO)CO)c1. The van der Waals surface area contributed by atoms with Gasteiger partial charge in [-0.2, -0.15) is 4.72 Å². The first kappa shape index (κ1) is 16.5. The number of nitrogens with one attached hydrogen (secondary N) is 1. The topological polar surface area (TPSA) is 150 Å². The minimum absolute atomic E-state index is 0.402. The monoisotopic (exact) mass is 306 g/mol. The Balaban J connectivity index is 2.99. The minimum atomic E-state index is -4.21. The van der Waals surface area contributed by atoms with Crippen molar-refractivity contribution >= 4 is 15.7 Å². The number of rotatable bonds is 7. The first-order valence-electron chi connectivity index (χ1n) is 5.48. The summed E-state index contributed by atoms with van der Waals surface area (Å²) in [5.74, 6) is -1.09. The summed E-state index contributed by atoms with van der Waals surface area (Å²) in [6.07, 6.45) is -1.71. The molecule has 0 saturated heterocycles. The maximum absolute atomic E-state index is 11.9. The van der Waals surface area contributed by atoms with Gasteiger partial charge in [-0.05, 0) is 6.07 Å². The molecule has 0 aliphatic heterocycles. The van der Waals surface area contributed by atoms with Crippen molar-refractivity contribution in [3.05, 3.63) is 34.4 Å². The zero-order valence-corrected chi connectivity index (χ0v) is 11.0. The highest BCUT2D eigenvalue weighted by molar-refractivity contribution is 7.89. The second kappa shape index (κ2) is 6.72. The Labute approximate surface area is 114 Å². The van der Waals surface area contributed by atoms with Crippen LogP contribution in [0, 0.1) is 16.0 Å². The van der Waals surface area contributed by atoms with E-state index in [4.69, 9.17) is 10.2 Å². The molecule has 20 heavy (non-hydrogen) atoms. The van der Waals surface area contributed by atoms with Crippen molar-refractivity contribution in [3.63, 3.8) is 0 Å². The van der Waals surface area contributed by atoms with Crippen LogP contribution in [-0.2, 0) is 10.0 Å². The number of benzene rings is 1. The zero-order chi connectivity index (χ0) is 15.3. The van der Waals surface area contributed by atoms with Gasteiger partial charge in [0, 0.05) is 18.1 Å². The van der Waals surface area contributed by atoms with E-state index in [9.17, 15) is 23.6 Å². The maximum Gasteiger partial charge on any atom is 0.270 e.